The van der Waals surface area contributed by atoms with Crippen molar-refractivity contribution >= 4 is 39.5 Å². The highest BCUT2D eigenvalue weighted by Crippen LogP contribution is 2.45. The summed E-state index contributed by atoms with van der Waals surface area (Å²) >= 11 is 0. The van der Waals surface area contributed by atoms with Gasteiger partial charge in [-0.3, -0.25) is 37.3 Å². The van der Waals surface area contributed by atoms with Crippen molar-refractivity contribution in [1.29, 1.82) is 0 Å². The fourth-order valence-corrected chi connectivity index (χ4v) is 11.9. The van der Waals surface area contributed by atoms with Gasteiger partial charge < -0.3 is 33.8 Å². The van der Waals surface area contributed by atoms with Gasteiger partial charge >= 0.3 is 39.5 Å². The van der Waals surface area contributed by atoms with Gasteiger partial charge in [0, 0.05) is 25.7 Å². The van der Waals surface area contributed by atoms with Gasteiger partial charge in [0.2, 0.25) is 0 Å². The second-order valence-corrected chi connectivity index (χ2v) is 29.2. The summed E-state index contributed by atoms with van der Waals surface area (Å²) in [6, 6.07) is 0. The molecule has 0 spiro atoms. The number of phosphoric ester groups is 2. The van der Waals surface area contributed by atoms with E-state index in [0.29, 0.717) is 25.7 Å². The Balaban J connectivity index is 5.37. The zero-order valence-corrected chi connectivity index (χ0v) is 65.8. The fraction of sp³-hybridized carbons (Fsp3) is 0.711. The number of aliphatic hydroxyl groups excluding tert-OH is 1. The van der Waals surface area contributed by atoms with Gasteiger partial charge in [0.25, 0.3) is 0 Å². The van der Waals surface area contributed by atoms with Gasteiger partial charge in [-0.15, -0.1) is 0 Å². The molecule has 0 aliphatic heterocycles. The van der Waals surface area contributed by atoms with Crippen LogP contribution >= 0.6 is 15.6 Å². The number of carbonyl (C=O) groups excluding carboxylic acids is 4. The van der Waals surface area contributed by atoms with Crippen LogP contribution in [0.5, 0.6) is 0 Å². The average Bonchev–Trinajstić information content (AvgIpc) is 0.907. The predicted octanol–water partition coefficient (Wildman–Crippen LogP) is 23.1. The normalized spacial score (nSPS) is 14.5. The second kappa shape index (κ2) is 74.7. The highest BCUT2D eigenvalue weighted by atomic mass is 31.2. The molecule has 0 rings (SSSR count). The summed E-state index contributed by atoms with van der Waals surface area (Å²) in [4.78, 5) is 73.0. The molecule has 0 aromatic heterocycles. The largest absolute Gasteiger partial charge is 0.472 e. The summed E-state index contributed by atoms with van der Waals surface area (Å²) in [7, 11) is -9.97. The quantitative estimate of drug-likeness (QED) is 0.0169. The topological polar surface area (TPSA) is 237 Å². The Hall–Kier alpha value is -4.54. The Morgan fingerprint density at radius 3 is 0.853 bits per heavy atom. The third kappa shape index (κ3) is 73.8. The van der Waals surface area contributed by atoms with Crippen LogP contribution in [0.3, 0.4) is 0 Å². The van der Waals surface area contributed by atoms with Crippen LogP contribution in [0.4, 0.5) is 0 Å². The Morgan fingerprint density at radius 1 is 0.284 bits per heavy atom. The summed E-state index contributed by atoms with van der Waals surface area (Å²) in [6.45, 7) is 4.60. The molecule has 586 valence electrons. The Kier molecular flexibility index (Phi) is 71.4. The van der Waals surface area contributed by atoms with E-state index in [2.05, 4.69) is 149 Å². The monoisotopic (exact) mass is 1470 g/mol. The molecule has 19 heteroatoms. The maximum absolute atomic E-state index is 13.1. The lowest BCUT2D eigenvalue weighted by atomic mass is 10.1. The van der Waals surface area contributed by atoms with Crippen LogP contribution in [0.2, 0.25) is 0 Å². The van der Waals surface area contributed by atoms with E-state index in [1.165, 1.54) is 44.9 Å². The number of aliphatic hydroxyl groups is 1. The molecule has 0 amide bonds. The summed E-state index contributed by atoms with van der Waals surface area (Å²) in [5.74, 6) is -2.23. The molecular weight excluding hydrogens is 1330 g/mol. The number of ether oxygens (including phenoxy) is 4. The smallest absolute Gasteiger partial charge is 0.462 e. The van der Waals surface area contributed by atoms with Crippen LogP contribution in [-0.4, -0.2) is 96.7 Å². The van der Waals surface area contributed by atoms with Gasteiger partial charge in [-0.05, 0) is 154 Å². The number of rotatable bonds is 74. The first-order valence-corrected chi connectivity index (χ1v) is 42.8. The first-order chi connectivity index (χ1) is 49.7. The van der Waals surface area contributed by atoms with Crippen molar-refractivity contribution in [3.8, 4) is 0 Å². The number of unbranched alkanes of at least 4 members (excludes halogenated alkanes) is 28. The summed E-state index contributed by atoms with van der Waals surface area (Å²) in [5.41, 5.74) is 0. The molecule has 0 aliphatic rings. The maximum Gasteiger partial charge on any atom is 0.472 e. The molecule has 0 bridgehead atoms. The predicted molar refractivity (Wildman–Crippen MR) is 418 cm³/mol. The Morgan fingerprint density at radius 2 is 0.529 bits per heavy atom. The van der Waals surface area contributed by atoms with Gasteiger partial charge in [0.05, 0.1) is 26.4 Å². The molecule has 5 unspecified atom stereocenters. The van der Waals surface area contributed by atoms with Crippen molar-refractivity contribution in [1.82, 2.24) is 0 Å². The van der Waals surface area contributed by atoms with Crippen LogP contribution in [0.25, 0.3) is 0 Å². The number of carbonyl (C=O) groups is 4. The van der Waals surface area contributed by atoms with E-state index in [0.717, 1.165) is 199 Å². The lowest BCUT2D eigenvalue weighted by Crippen LogP contribution is -2.30. The summed E-state index contributed by atoms with van der Waals surface area (Å²) in [6.07, 6.45) is 81.8. The lowest BCUT2D eigenvalue weighted by Gasteiger charge is -2.21. The standard InChI is InChI=1S/C83H142O17P2/c1-5-9-13-17-21-25-29-33-35-37-38-40-42-46-48-52-56-60-64-68-81(86)94-74-79(100-83(88)70-66-62-58-54-50-44-32-28-24-20-16-12-8-4)76-98-102(91,92)96-72-77(84)71-95-101(89,90)97-75-78(99-82(87)69-65-61-57-53-49-43-31-27-23-19-15-11-7-3)73-93-80(85)67-63-59-55-51-47-45-41-39-36-34-30-26-22-18-14-10-6-2/h10,14,16,20-22,25-28,31-36,38,40-41,45,77-79,84H,5-9,11-13,15,17-19,23-24,29-30,37,39,42-44,46-76H2,1-4H3,(H,89,90)(H,91,92)/b14-10-,20-16-,25-21-,26-22-,31-27-,32-28-,35-33-,36-34-,40-38-,45-41-. The maximum atomic E-state index is 13.1. The number of hydrogen-bond donors (Lipinski definition) is 3. The van der Waals surface area contributed by atoms with E-state index in [-0.39, 0.29) is 25.7 Å². The third-order valence-electron chi connectivity index (χ3n) is 16.4. The van der Waals surface area contributed by atoms with Crippen molar-refractivity contribution in [2.45, 2.75) is 341 Å². The Labute approximate surface area is 619 Å². The minimum Gasteiger partial charge on any atom is -0.462 e. The number of phosphoric acid groups is 2. The van der Waals surface area contributed by atoms with E-state index < -0.39 is 97.5 Å². The summed E-state index contributed by atoms with van der Waals surface area (Å²) in [5, 5.41) is 10.6. The molecule has 0 saturated carbocycles. The molecule has 0 aliphatic carbocycles. The fourth-order valence-electron chi connectivity index (χ4n) is 10.3. The van der Waals surface area contributed by atoms with Crippen LogP contribution < -0.4 is 0 Å². The van der Waals surface area contributed by atoms with Crippen LogP contribution in [0.1, 0.15) is 323 Å². The minimum absolute atomic E-state index is 0.0734. The highest BCUT2D eigenvalue weighted by molar-refractivity contribution is 7.47. The van der Waals surface area contributed by atoms with Crippen molar-refractivity contribution in [3.63, 3.8) is 0 Å². The van der Waals surface area contributed by atoms with E-state index in [4.69, 9.17) is 37.0 Å². The molecule has 0 heterocycles. The van der Waals surface area contributed by atoms with Crippen LogP contribution in [0, 0.1) is 0 Å². The molecule has 0 radical (unpaired) electrons. The first-order valence-electron chi connectivity index (χ1n) is 39.8. The van der Waals surface area contributed by atoms with Crippen molar-refractivity contribution in [2.75, 3.05) is 39.6 Å². The zero-order chi connectivity index (χ0) is 74.6. The minimum atomic E-state index is -4.99. The molecule has 0 aromatic rings. The average molecular weight is 1470 g/mol. The van der Waals surface area contributed by atoms with Gasteiger partial charge in [0.15, 0.2) is 12.2 Å². The number of allylic oxidation sites excluding steroid dienone is 20. The molecule has 0 aromatic carbocycles. The van der Waals surface area contributed by atoms with E-state index in [1.807, 2.05) is 0 Å². The molecule has 17 nitrogen and oxygen atoms in total. The molecular formula is C83H142O17P2. The third-order valence-corrected chi connectivity index (χ3v) is 18.3. The Bertz CT molecular complexity index is 2410. The van der Waals surface area contributed by atoms with Crippen molar-refractivity contribution < 1.29 is 80.2 Å². The zero-order valence-electron chi connectivity index (χ0n) is 64.0. The number of esters is 4. The van der Waals surface area contributed by atoms with E-state index in [1.54, 1.807) is 0 Å². The summed E-state index contributed by atoms with van der Waals surface area (Å²) < 4.78 is 68.5. The SMILES string of the molecule is CC/C=C\C/C=C\C/C=C\C/C=C\CCCCCCC(=O)OCC(COP(=O)(O)OCC(O)COP(=O)(O)OCC(COC(=O)CCCCCCCC/C=C\C/C=C\C/C=C\CCCCC)OC(=O)CCCCCCC/C=C\C/C=C\CCC)OC(=O)CCCCCCC/C=C\CCCCCC. The molecule has 0 fully saturated rings. The number of hydrogen-bond acceptors (Lipinski definition) is 15. The van der Waals surface area contributed by atoms with Crippen LogP contribution in [0.15, 0.2) is 122 Å². The van der Waals surface area contributed by atoms with Crippen LogP contribution in [-0.2, 0) is 65.4 Å². The molecule has 0 saturated heterocycles. The molecule has 102 heavy (non-hydrogen) atoms. The molecule has 3 N–H and O–H groups in total. The van der Waals surface area contributed by atoms with Crippen molar-refractivity contribution in [2.24, 2.45) is 0 Å². The van der Waals surface area contributed by atoms with Gasteiger partial charge in [-0.2, -0.15) is 0 Å². The van der Waals surface area contributed by atoms with Gasteiger partial charge in [-0.25, -0.2) is 9.13 Å². The lowest BCUT2D eigenvalue weighted by molar-refractivity contribution is -0.161. The second-order valence-electron chi connectivity index (χ2n) is 26.3. The molecule has 5 atom stereocenters. The van der Waals surface area contributed by atoms with Gasteiger partial charge in [-0.1, -0.05) is 265 Å². The van der Waals surface area contributed by atoms with Gasteiger partial charge in [0.1, 0.15) is 19.3 Å². The van der Waals surface area contributed by atoms with E-state index in [9.17, 15) is 43.2 Å². The first kappa shape index (κ1) is 97.5. The highest BCUT2D eigenvalue weighted by Gasteiger charge is 2.30. The van der Waals surface area contributed by atoms with E-state index >= 15 is 0 Å². The van der Waals surface area contributed by atoms with Crippen molar-refractivity contribution in [3.05, 3.63) is 122 Å².